The van der Waals surface area contributed by atoms with Crippen LogP contribution in [0.2, 0.25) is 0 Å². The molecule has 0 amide bonds. The minimum Gasteiger partial charge on any atom is -0.390 e. The number of halogens is 3. The van der Waals surface area contributed by atoms with E-state index in [1.807, 2.05) is 0 Å². The van der Waals surface area contributed by atoms with Crippen LogP contribution < -0.4 is 0 Å². The summed E-state index contributed by atoms with van der Waals surface area (Å²) in [4.78, 5) is 0. The fourth-order valence-corrected chi connectivity index (χ4v) is 1.94. The monoisotopic (exact) mass is 270 g/mol. The summed E-state index contributed by atoms with van der Waals surface area (Å²) in [6.07, 6.45) is -2.81. The highest BCUT2D eigenvalue weighted by molar-refractivity contribution is 4.77. The number of hydrogen-bond acceptors (Lipinski definition) is 3. The summed E-state index contributed by atoms with van der Waals surface area (Å²) in [6, 6.07) is 0. The molecule has 0 radical (unpaired) electrons. The van der Waals surface area contributed by atoms with Crippen LogP contribution in [0, 0.1) is 5.92 Å². The van der Waals surface area contributed by atoms with Crippen molar-refractivity contribution in [3.05, 3.63) is 0 Å². The topological polar surface area (TPSA) is 38.7 Å². The minimum atomic E-state index is -4.37. The molecule has 0 spiro atoms. The van der Waals surface area contributed by atoms with Crippen molar-refractivity contribution in [2.45, 2.75) is 57.6 Å². The average molecular weight is 270 g/mol. The lowest BCUT2D eigenvalue weighted by Gasteiger charge is -2.29. The van der Waals surface area contributed by atoms with Crippen LogP contribution in [-0.2, 0) is 9.47 Å². The Morgan fingerprint density at radius 2 is 2.00 bits per heavy atom. The van der Waals surface area contributed by atoms with E-state index in [0.717, 1.165) is 12.8 Å². The maximum Gasteiger partial charge on any atom is 0.394 e. The molecule has 0 aliphatic carbocycles. The van der Waals surface area contributed by atoms with Crippen molar-refractivity contribution in [2.75, 3.05) is 13.2 Å². The molecule has 108 valence electrons. The lowest BCUT2D eigenvalue weighted by atomic mass is 9.93. The van der Waals surface area contributed by atoms with Gasteiger partial charge in [-0.1, -0.05) is 0 Å². The van der Waals surface area contributed by atoms with Gasteiger partial charge < -0.3 is 14.6 Å². The summed E-state index contributed by atoms with van der Waals surface area (Å²) in [7, 11) is 0. The Morgan fingerprint density at radius 3 is 2.44 bits per heavy atom. The number of aliphatic hydroxyl groups is 1. The second-order valence-corrected chi connectivity index (χ2v) is 5.38. The molecular weight excluding hydrogens is 249 g/mol. The third-order valence-corrected chi connectivity index (χ3v) is 2.83. The zero-order valence-electron chi connectivity index (χ0n) is 10.8. The summed E-state index contributed by atoms with van der Waals surface area (Å²) in [5.74, 6) is -1.66. The summed E-state index contributed by atoms with van der Waals surface area (Å²) >= 11 is 0. The molecule has 6 heteroatoms. The lowest BCUT2D eigenvalue weighted by Crippen LogP contribution is -2.36. The van der Waals surface area contributed by atoms with Gasteiger partial charge in [-0.3, -0.25) is 0 Å². The molecular formula is C12H21F3O3. The molecule has 0 aromatic carbocycles. The van der Waals surface area contributed by atoms with E-state index in [4.69, 9.17) is 9.47 Å². The number of hydrogen-bond donors (Lipinski definition) is 1. The SMILES string of the molecule is CC(C)(O)CC(COC1CCCCO1)C(F)(F)F. The van der Waals surface area contributed by atoms with Crippen LogP contribution in [0.1, 0.15) is 39.5 Å². The molecule has 18 heavy (non-hydrogen) atoms. The van der Waals surface area contributed by atoms with Crippen molar-refractivity contribution in [2.24, 2.45) is 5.92 Å². The van der Waals surface area contributed by atoms with Crippen LogP contribution in [0.3, 0.4) is 0 Å². The van der Waals surface area contributed by atoms with Crippen molar-refractivity contribution >= 4 is 0 Å². The van der Waals surface area contributed by atoms with E-state index >= 15 is 0 Å². The Bertz CT molecular complexity index is 242. The fraction of sp³-hybridized carbons (Fsp3) is 1.00. The first kappa shape index (κ1) is 15.7. The first-order valence-electron chi connectivity index (χ1n) is 6.21. The molecule has 2 unspecified atom stereocenters. The molecule has 1 aliphatic heterocycles. The average Bonchev–Trinajstić information content (AvgIpc) is 2.22. The van der Waals surface area contributed by atoms with Gasteiger partial charge in [0, 0.05) is 6.61 Å². The highest BCUT2D eigenvalue weighted by Gasteiger charge is 2.42. The van der Waals surface area contributed by atoms with Crippen molar-refractivity contribution < 1.29 is 27.8 Å². The van der Waals surface area contributed by atoms with Crippen LogP contribution >= 0.6 is 0 Å². The minimum absolute atomic E-state index is 0.372. The van der Waals surface area contributed by atoms with Gasteiger partial charge in [0.15, 0.2) is 6.29 Å². The second-order valence-electron chi connectivity index (χ2n) is 5.38. The van der Waals surface area contributed by atoms with Gasteiger partial charge in [-0.15, -0.1) is 0 Å². The van der Waals surface area contributed by atoms with Gasteiger partial charge in [0.25, 0.3) is 0 Å². The second kappa shape index (κ2) is 6.21. The molecule has 1 rings (SSSR count). The smallest absolute Gasteiger partial charge is 0.390 e. The van der Waals surface area contributed by atoms with Gasteiger partial charge in [-0.2, -0.15) is 13.2 Å². The number of alkyl halides is 3. The molecule has 0 aromatic rings. The molecule has 2 atom stereocenters. The van der Waals surface area contributed by atoms with Crippen LogP contribution in [-0.4, -0.2) is 36.4 Å². The molecule has 0 bridgehead atoms. The van der Waals surface area contributed by atoms with E-state index in [0.29, 0.717) is 13.0 Å². The zero-order valence-corrected chi connectivity index (χ0v) is 10.8. The van der Waals surface area contributed by atoms with Gasteiger partial charge in [0.2, 0.25) is 0 Å². The molecule has 0 saturated carbocycles. The Morgan fingerprint density at radius 1 is 1.33 bits per heavy atom. The molecule has 1 heterocycles. The highest BCUT2D eigenvalue weighted by Crippen LogP contribution is 2.33. The predicted octanol–water partition coefficient (Wildman–Crippen LogP) is 2.87. The van der Waals surface area contributed by atoms with Gasteiger partial charge in [0.1, 0.15) is 0 Å². The highest BCUT2D eigenvalue weighted by atomic mass is 19.4. The third kappa shape index (κ3) is 6.02. The Balaban J connectivity index is 2.45. The van der Waals surface area contributed by atoms with Crippen LogP contribution in [0.15, 0.2) is 0 Å². The predicted molar refractivity (Wildman–Crippen MR) is 60.0 cm³/mol. The van der Waals surface area contributed by atoms with Crippen molar-refractivity contribution in [3.63, 3.8) is 0 Å². The van der Waals surface area contributed by atoms with Crippen molar-refractivity contribution in [1.82, 2.24) is 0 Å². The Hall–Kier alpha value is -0.330. The number of rotatable bonds is 5. The fourth-order valence-electron chi connectivity index (χ4n) is 1.94. The zero-order chi connectivity index (χ0) is 13.8. The van der Waals surface area contributed by atoms with Crippen LogP contribution in [0.5, 0.6) is 0 Å². The summed E-state index contributed by atoms with van der Waals surface area (Å²) in [5.41, 5.74) is -1.36. The van der Waals surface area contributed by atoms with E-state index in [1.165, 1.54) is 13.8 Å². The normalized spacial score (nSPS) is 24.0. The maximum absolute atomic E-state index is 12.8. The van der Waals surface area contributed by atoms with E-state index < -0.39 is 30.6 Å². The van der Waals surface area contributed by atoms with Gasteiger partial charge >= 0.3 is 6.18 Å². The Labute approximate surface area is 105 Å². The molecule has 3 nitrogen and oxygen atoms in total. The maximum atomic E-state index is 12.8. The van der Waals surface area contributed by atoms with E-state index in [-0.39, 0.29) is 6.42 Å². The van der Waals surface area contributed by atoms with Crippen molar-refractivity contribution in [1.29, 1.82) is 0 Å². The van der Waals surface area contributed by atoms with E-state index in [2.05, 4.69) is 0 Å². The quantitative estimate of drug-likeness (QED) is 0.835. The largest absolute Gasteiger partial charge is 0.394 e. The standard InChI is InChI=1S/C12H21F3O3/c1-11(2,16)7-9(12(13,14)15)8-18-10-5-3-4-6-17-10/h9-10,16H,3-8H2,1-2H3. The summed E-state index contributed by atoms with van der Waals surface area (Å²) in [5, 5.41) is 9.50. The lowest BCUT2D eigenvalue weighted by molar-refractivity contribution is -0.229. The molecule has 1 N–H and O–H groups in total. The van der Waals surface area contributed by atoms with Gasteiger partial charge in [0.05, 0.1) is 18.1 Å². The van der Waals surface area contributed by atoms with E-state index in [9.17, 15) is 18.3 Å². The van der Waals surface area contributed by atoms with Crippen LogP contribution in [0.25, 0.3) is 0 Å². The molecule has 1 saturated heterocycles. The molecule has 0 aromatic heterocycles. The van der Waals surface area contributed by atoms with Gasteiger partial charge in [-0.25, -0.2) is 0 Å². The Kier molecular flexibility index (Phi) is 5.43. The first-order chi connectivity index (χ1) is 8.18. The molecule has 1 fully saturated rings. The molecule has 1 aliphatic rings. The van der Waals surface area contributed by atoms with E-state index in [1.54, 1.807) is 0 Å². The van der Waals surface area contributed by atoms with Gasteiger partial charge in [-0.05, 0) is 39.5 Å². The third-order valence-electron chi connectivity index (χ3n) is 2.83. The van der Waals surface area contributed by atoms with Crippen molar-refractivity contribution in [3.8, 4) is 0 Å². The summed E-state index contributed by atoms with van der Waals surface area (Å²) in [6.45, 7) is 2.80. The first-order valence-corrected chi connectivity index (χ1v) is 6.21. The summed E-state index contributed by atoms with van der Waals surface area (Å²) < 4.78 is 48.7. The van der Waals surface area contributed by atoms with Crippen LogP contribution in [0.4, 0.5) is 13.2 Å². The number of ether oxygens (including phenoxy) is 2.